The first-order valence-electron chi connectivity index (χ1n) is 7.04. The number of carbonyl (C=O) groups is 1. The van der Waals surface area contributed by atoms with Crippen molar-refractivity contribution >= 4 is 23.2 Å². The van der Waals surface area contributed by atoms with Crippen LogP contribution in [0, 0.1) is 0 Å². The molecular weight excluding hydrogens is 330 g/mol. The molecule has 0 bridgehead atoms. The summed E-state index contributed by atoms with van der Waals surface area (Å²) in [6, 6.07) is 9.63. The van der Waals surface area contributed by atoms with Crippen molar-refractivity contribution in [3.8, 4) is 17.2 Å². The van der Waals surface area contributed by atoms with Crippen LogP contribution in [0.4, 0.5) is 5.69 Å². The monoisotopic (exact) mass is 343 g/mol. The molecule has 1 amide bonds. The number of nitrogens with zero attached hydrogens (tertiary/aromatic N) is 2. The largest absolute Gasteiger partial charge is 0.507 e. The second-order valence-electron chi connectivity index (χ2n) is 4.97. The Morgan fingerprint density at radius 3 is 2.79 bits per heavy atom. The van der Waals surface area contributed by atoms with Crippen LogP contribution in [0.15, 0.2) is 55.1 Å². The maximum atomic E-state index is 12.5. The molecule has 1 heterocycles. The van der Waals surface area contributed by atoms with E-state index in [1.165, 1.54) is 13.2 Å². The van der Waals surface area contributed by atoms with Gasteiger partial charge < -0.3 is 19.7 Å². The molecular formula is C17H14ClN3O3. The Hall–Kier alpha value is -2.99. The maximum Gasteiger partial charge on any atom is 0.259 e. The second-order valence-corrected chi connectivity index (χ2v) is 5.38. The summed E-state index contributed by atoms with van der Waals surface area (Å²) in [6.07, 6.45) is 4.98. The molecule has 0 aliphatic carbocycles. The number of hydrogen-bond donors (Lipinski definition) is 2. The number of aromatic nitrogens is 2. The van der Waals surface area contributed by atoms with E-state index in [2.05, 4.69) is 10.3 Å². The molecule has 0 unspecified atom stereocenters. The molecule has 3 aromatic rings. The Morgan fingerprint density at radius 1 is 1.29 bits per heavy atom. The van der Waals surface area contributed by atoms with Gasteiger partial charge in [0, 0.05) is 24.1 Å². The van der Waals surface area contributed by atoms with Crippen LogP contribution in [-0.4, -0.2) is 27.7 Å². The van der Waals surface area contributed by atoms with Gasteiger partial charge in [0.1, 0.15) is 11.5 Å². The normalized spacial score (nSPS) is 10.4. The van der Waals surface area contributed by atoms with Crippen LogP contribution in [-0.2, 0) is 0 Å². The van der Waals surface area contributed by atoms with Gasteiger partial charge in [-0.2, -0.15) is 0 Å². The van der Waals surface area contributed by atoms with Crippen molar-refractivity contribution < 1.29 is 14.6 Å². The van der Waals surface area contributed by atoms with Gasteiger partial charge in [-0.1, -0.05) is 11.6 Å². The number of hydrogen-bond acceptors (Lipinski definition) is 4. The fourth-order valence-corrected chi connectivity index (χ4v) is 2.41. The summed E-state index contributed by atoms with van der Waals surface area (Å²) in [5.74, 6) is -0.00881. The third-order valence-corrected chi connectivity index (χ3v) is 3.76. The lowest BCUT2D eigenvalue weighted by atomic mass is 10.1. The van der Waals surface area contributed by atoms with E-state index in [1.807, 2.05) is 0 Å². The average Bonchev–Trinajstić information content (AvgIpc) is 3.11. The van der Waals surface area contributed by atoms with Crippen LogP contribution in [0.25, 0.3) is 5.69 Å². The number of methoxy groups -OCH3 is 1. The first-order chi connectivity index (χ1) is 11.6. The van der Waals surface area contributed by atoms with Gasteiger partial charge in [-0.15, -0.1) is 0 Å². The number of imidazole rings is 1. The molecule has 24 heavy (non-hydrogen) atoms. The highest BCUT2D eigenvalue weighted by molar-refractivity contribution is 6.34. The van der Waals surface area contributed by atoms with Gasteiger partial charge in [0.05, 0.1) is 29.7 Å². The zero-order valence-electron chi connectivity index (χ0n) is 12.7. The van der Waals surface area contributed by atoms with Crippen molar-refractivity contribution in [3.63, 3.8) is 0 Å². The Bertz CT molecular complexity index is 879. The van der Waals surface area contributed by atoms with Crippen molar-refractivity contribution in [2.24, 2.45) is 0 Å². The molecule has 2 aromatic carbocycles. The van der Waals surface area contributed by atoms with E-state index < -0.39 is 5.91 Å². The first kappa shape index (κ1) is 15.9. The fourth-order valence-electron chi connectivity index (χ4n) is 2.19. The number of phenolic OH excluding ortho intramolecular Hbond substituents is 1. The van der Waals surface area contributed by atoms with Crippen molar-refractivity contribution in [1.29, 1.82) is 0 Å². The third-order valence-electron chi connectivity index (χ3n) is 3.45. The summed E-state index contributed by atoms with van der Waals surface area (Å²) in [5, 5.41) is 13.0. The summed E-state index contributed by atoms with van der Waals surface area (Å²) in [4.78, 5) is 16.4. The zero-order valence-corrected chi connectivity index (χ0v) is 13.5. The summed E-state index contributed by atoms with van der Waals surface area (Å²) >= 11 is 6.12. The van der Waals surface area contributed by atoms with Crippen molar-refractivity contribution in [2.45, 2.75) is 0 Å². The Labute approximate surface area is 143 Å². The number of benzene rings is 2. The number of phenols is 1. The van der Waals surface area contributed by atoms with E-state index in [1.54, 1.807) is 53.6 Å². The predicted molar refractivity (Wildman–Crippen MR) is 91.2 cm³/mol. The molecule has 7 heteroatoms. The smallest absolute Gasteiger partial charge is 0.259 e. The molecule has 0 spiro atoms. The topological polar surface area (TPSA) is 76.4 Å². The number of halogens is 1. The number of anilines is 1. The summed E-state index contributed by atoms with van der Waals surface area (Å²) in [7, 11) is 1.53. The first-order valence-corrected chi connectivity index (χ1v) is 7.42. The zero-order chi connectivity index (χ0) is 17.1. The number of amides is 1. The summed E-state index contributed by atoms with van der Waals surface area (Å²) in [5.41, 5.74) is 1.26. The summed E-state index contributed by atoms with van der Waals surface area (Å²) < 4.78 is 6.80. The highest BCUT2D eigenvalue weighted by Crippen LogP contribution is 2.28. The molecule has 0 fully saturated rings. The standard InChI is InChI=1S/C17H14ClN3O3/c1-24-12-3-4-15(14(18)9-12)20-17(23)13-8-11(2-5-16(13)22)21-7-6-19-10-21/h2-10,22H,1H3,(H,20,23). The quantitative estimate of drug-likeness (QED) is 0.760. The minimum absolute atomic E-state index is 0.124. The molecule has 0 saturated carbocycles. The minimum atomic E-state index is -0.471. The van der Waals surface area contributed by atoms with Crippen LogP contribution in [0.5, 0.6) is 11.5 Å². The highest BCUT2D eigenvalue weighted by Gasteiger charge is 2.14. The highest BCUT2D eigenvalue weighted by atomic mass is 35.5. The van der Waals surface area contributed by atoms with E-state index >= 15 is 0 Å². The Balaban J connectivity index is 1.89. The van der Waals surface area contributed by atoms with Gasteiger partial charge in [-0.25, -0.2) is 4.98 Å². The molecule has 0 radical (unpaired) electrons. The molecule has 0 atom stereocenters. The van der Waals surface area contributed by atoms with Crippen molar-refractivity contribution in [2.75, 3.05) is 12.4 Å². The van der Waals surface area contributed by atoms with E-state index in [9.17, 15) is 9.90 Å². The van der Waals surface area contributed by atoms with Gasteiger partial charge in [0.25, 0.3) is 5.91 Å². The van der Waals surface area contributed by atoms with Gasteiger partial charge in [-0.3, -0.25) is 4.79 Å². The van der Waals surface area contributed by atoms with Gasteiger partial charge in [0.15, 0.2) is 0 Å². The van der Waals surface area contributed by atoms with E-state index in [0.29, 0.717) is 22.1 Å². The maximum absolute atomic E-state index is 12.5. The molecule has 6 nitrogen and oxygen atoms in total. The Morgan fingerprint density at radius 2 is 2.12 bits per heavy atom. The van der Waals surface area contributed by atoms with Gasteiger partial charge >= 0.3 is 0 Å². The molecule has 122 valence electrons. The van der Waals surface area contributed by atoms with Crippen LogP contribution in [0.1, 0.15) is 10.4 Å². The molecule has 1 aromatic heterocycles. The molecule has 2 N–H and O–H groups in total. The summed E-state index contributed by atoms with van der Waals surface area (Å²) in [6.45, 7) is 0. The molecule has 0 aliphatic heterocycles. The fraction of sp³-hybridized carbons (Fsp3) is 0.0588. The third kappa shape index (κ3) is 3.18. The lowest BCUT2D eigenvalue weighted by molar-refractivity contribution is 0.102. The number of ether oxygens (including phenoxy) is 1. The number of nitrogens with one attached hydrogen (secondary N) is 1. The molecule has 3 rings (SSSR count). The number of rotatable bonds is 4. The van der Waals surface area contributed by atoms with Gasteiger partial charge in [-0.05, 0) is 30.3 Å². The lowest BCUT2D eigenvalue weighted by Crippen LogP contribution is -2.13. The molecule has 0 aliphatic rings. The van der Waals surface area contributed by atoms with Crippen LogP contribution < -0.4 is 10.1 Å². The van der Waals surface area contributed by atoms with Crippen LogP contribution in [0.2, 0.25) is 5.02 Å². The minimum Gasteiger partial charge on any atom is -0.507 e. The number of aromatic hydroxyl groups is 1. The van der Waals surface area contributed by atoms with Crippen molar-refractivity contribution in [1.82, 2.24) is 9.55 Å². The SMILES string of the molecule is COc1ccc(NC(=O)c2cc(-n3ccnc3)ccc2O)c(Cl)c1. The van der Waals surface area contributed by atoms with Crippen LogP contribution in [0.3, 0.4) is 0 Å². The van der Waals surface area contributed by atoms with Gasteiger partial charge in [0.2, 0.25) is 0 Å². The average molecular weight is 344 g/mol. The lowest BCUT2D eigenvalue weighted by Gasteiger charge is -2.11. The van der Waals surface area contributed by atoms with Crippen molar-refractivity contribution in [3.05, 3.63) is 65.7 Å². The van der Waals surface area contributed by atoms with E-state index in [-0.39, 0.29) is 11.3 Å². The van der Waals surface area contributed by atoms with E-state index in [4.69, 9.17) is 16.3 Å². The van der Waals surface area contributed by atoms with Crippen LogP contribution >= 0.6 is 11.6 Å². The molecule has 0 saturated heterocycles. The number of carbonyl (C=O) groups excluding carboxylic acids is 1. The van der Waals surface area contributed by atoms with E-state index in [0.717, 1.165) is 0 Å². The Kier molecular flexibility index (Phi) is 4.39. The predicted octanol–water partition coefficient (Wildman–Crippen LogP) is 3.49. The second kappa shape index (κ2) is 6.64.